The van der Waals surface area contributed by atoms with E-state index in [0.29, 0.717) is 98.2 Å². The molecule has 0 aliphatic carbocycles. The standard InChI is InChI=1S/C21H35NO9/c22-5-6-25-7-8-26-9-10-27-11-12-28-13-14-29-15-16-30-17-18-31-20-3-1-19(2-4-20)21(23)24/h1-4H,5-18,22H2,(H,23,24). The van der Waals surface area contributed by atoms with Gasteiger partial charge in [0, 0.05) is 6.54 Å². The summed E-state index contributed by atoms with van der Waals surface area (Å²) in [6.45, 7) is 6.92. The molecule has 0 unspecified atom stereocenters. The molecule has 178 valence electrons. The van der Waals surface area contributed by atoms with Crippen molar-refractivity contribution in [2.75, 3.05) is 92.4 Å². The van der Waals surface area contributed by atoms with E-state index >= 15 is 0 Å². The number of carbonyl (C=O) groups is 1. The summed E-state index contributed by atoms with van der Waals surface area (Å²) in [5.41, 5.74) is 5.53. The third kappa shape index (κ3) is 16.6. The first-order valence-electron chi connectivity index (χ1n) is 10.4. The molecule has 0 saturated carbocycles. The van der Waals surface area contributed by atoms with E-state index in [1.165, 1.54) is 12.1 Å². The van der Waals surface area contributed by atoms with E-state index < -0.39 is 5.97 Å². The van der Waals surface area contributed by atoms with Gasteiger partial charge in [-0.15, -0.1) is 0 Å². The highest BCUT2D eigenvalue weighted by Gasteiger charge is 2.02. The molecule has 0 aliphatic rings. The number of nitrogens with two attached hydrogens (primary N) is 1. The minimum atomic E-state index is -0.962. The average Bonchev–Trinajstić information content (AvgIpc) is 2.78. The van der Waals surface area contributed by atoms with Crippen molar-refractivity contribution in [2.45, 2.75) is 0 Å². The van der Waals surface area contributed by atoms with Gasteiger partial charge < -0.3 is 44.0 Å². The second kappa shape index (κ2) is 20.1. The molecule has 0 heterocycles. The van der Waals surface area contributed by atoms with Gasteiger partial charge in [-0.05, 0) is 24.3 Å². The Hall–Kier alpha value is -1.79. The van der Waals surface area contributed by atoms with Crippen LogP contribution in [0.5, 0.6) is 5.75 Å². The summed E-state index contributed by atoms with van der Waals surface area (Å²) < 4.78 is 37.6. The summed E-state index contributed by atoms with van der Waals surface area (Å²) >= 11 is 0. The molecule has 0 aliphatic heterocycles. The van der Waals surface area contributed by atoms with Crippen LogP contribution in [-0.2, 0) is 28.4 Å². The maximum Gasteiger partial charge on any atom is 0.335 e. The number of aromatic carboxylic acids is 1. The Morgan fingerprint density at radius 3 is 1.32 bits per heavy atom. The highest BCUT2D eigenvalue weighted by molar-refractivity contribution is 5.87. The first-order valence-corrected chi connectivity index (χ1v) is 10.4. The topological polar surface area (TPSA) is 128 Å². The average molecular weight is 446 g/mol. The first kappa shape index (κ1) is 27.2. The normalized spacial score (nSPS) is 11.0. The zero-order chi connectivity index (χ0) is 22.4. The number of benzene rings is 1. The van der Waals surface area contributed by atoms with Crippen molar-refractivity contribution in [1.82, 2.24) is 0 Å². The van der Waals surface area contributed by atoms with Gasteiger partial charge in [-0.25, -0.2) is 4.79 Å². The molecule has 1 aromatic carbocycles. The van der Waals surface area contributed by atoms with Crippen molar-refractivity contribution in [1.29, 1.82) is 0 Å². The van der Waals surface area contributed by atoms with Gasteiger partial charge in [0.1, 0.15) is 12.4 Å². The summed E-state index contributed by atoms with van der Waals surface area (Å²) in [5, 5.41) is 8.83. The molecule has 10 nitrogen and oxygen atoms in total. The van der Waals surface area contributed by atoms with Crippen molar-refractivity contribution in [3.05, 3.63) is 29.8 Å². The van der Waals surface area contributed by atoms with Crippen LogP contribution in [0.25, 0.3) is 0 Å². The van der Waals surface area contributed by atoms with E-state index in [9.17, 15) is 4.79 Å². The van der Waals surface area contributed by atoms with Gasteiger partial charge in [-0.3, -0.25) is 0 Å². The van der Waals surface area contributed by atoms with Crippen molar-refractivity contribution < 1.29 is 43.1 Å². The van der Waals surface area contributed by atoms with E-state index in [-0.39, 0.29) is 5.56 Å². The van der Waals surface area contributed by atoms with Crippen molar-refractivity contribution in [3.8, 4) is 5.75 Å². The molecular weight excluding hydrogens is 410 g/mol. The van der Waals surface area contributed by atoms with Gasteiger partial charge in [-0.1, -0.05) is 0 Å². The molecular formula is C21H35NO9. The Morgan fingerprint density at radius 2 is 0.968 bits per heavy atom. The largest absolute Gasteiger partial charge is 0.491 e. The minimum absolute atomic E-state index is 0.225. The fourth-order valence-corrected chi connectivity index (χ4v) is 2.20. The molecule has 31 heavy (non-hydrogen) atoms. The molecule has 0 amide bonds. The molecule has 0 aromatic heterocycles. The maximum atomic E-state index is 10.8. The maximum absolute atomic E-state index is 10.8. The fraction of sp³-hybridized carbons (Fsp3) is 0.667. The van der Waals surface area contributed by atoms with Crippen LogP contribution in [-0.4, -0.2) is 104 Å². The summed E-state index contributed by atoms with van der Waals surface area (Å²) in [6, 6.07) is 6.23. The zero-order valence-electron chi connectivity index (χ0n) is 18.0. The Bertz CT molecular complexity index is 542. The van der Waals surface area contributed by atoms with Gasteiger partial charge in [0.2, 0.25) is 0 Å². The number of carboxylic acid groups (broad SMARTS) is 1. The predicted molar refractivity (Wildman–Crippen MR) is 113 cm³/mol. The minimum Gasteiger partial charge on any atom is -0.491 e. The highest BCUT2D eigenvalue weighted by atomic mass is 16.6. The van der Waals surface area contributed by atoms with Crippen molar-refractivity contribution >= 4 is 5.97 Å². The third-order valence-corrected chi connectivity index (χ3v) is 3.72. The lowest BCUT2D eigenvalue weighted by Gasteiger charge is -2.09. The zero-order valence-corrected chi connectivity index (χ0v) is 18.0. The SMILES string of the molecule is NCCOCCOCCOCCOCCOCCOCCOc1ccc(C(=O)O)cc1. The number of rotatable bonds is 22. The van der Waals surface area contributed by atoms with Gasteiger partial charge in [0.05, 0.1) is 84.8 Å². The highest BCUT2D eigenvalue weighted by Crippen LogP contribution is 2.11. The van der Waals surface area contributed by atoms with Gasteiger partial charge in [0.25, 0.3) is 0 Å². The van der Waals surface area contributed by atoms with Gasteiger partial charge in [0.15, 0.2) is 0 Å². The molecule has 0 bridgehead atoms. The summed E-state index contributed by atoms with van der Waals surface area (Å²) in [7, 11) is 0. The fourth-order valence-electron chi connectivity index (χ4n) is 2.20. The molecule has 0 spiro atoms. The molecule has 0 fully saturated rings. The molecule has 1 rings (SSSR count). The van der Waals surface area contributed by atoms with E-state index in [1.54, 1.807) is 12.1 Å². The van der Waals surface area contributed by atoms with Crippen LogP contribution < -0.4 is 10.5 Å². The Morgan fingerprint density at radius 1 is 0.613 bits per heavy atom. The van der Waals surface area contributed by atoms with Crippen LogP contribution in [0.3, 0.4) is 0 Å². The lowest BCUT2D eigenvalue weighted by molar-refractivity contribution is -0.0175. The number of ether oxygens (including phenoxy) is 7. The second-order valence-electron chi connectivity index (χ2n) is 6.14. The molecule has 0 radical (unpaired) electrons. The lowest BCUT2D eigenvalue weighted by atomic mass is 10.2. The summed E-state index contributed by atoms with van der Waals surface area (Å²) in [6.07, 6.45) is 0. The van der Waals surface area contributed by atoms with E-state index in [4.69, 9.17) is 44.0 Å². The quantitative estimate of drug-likeness (QED) is 0.248. The van der Waals surface area contributed by atoms with Gasteiger partial charge in [-0.2, -0.15) is 0 Å². The van der Waals surface area contributed by atoms with E-state index in [1.807, 2.05) is 0 Å². The second-order valence-corrected chi connectivity index (χ2v) is 6.14. The first-order chi connectivity index (χ1) is 15.2. The van der Waals surface area contributed by atoms with Crippen molar-refractivity contribution in [3.63, 3.8) is 0 Å². The lowest BCUT2D eigenvalue weighted by Crippen LogP contribution is -2.15. The smallest absolute Gasteiger partial charge is 0.335 e. The Labute approximate surface area is 183 Å². The third-order valence-electron chi connectivity index (χ3n) is 3.72. The van der Waals surface area contributed by atoms with Crippen LogP contribution in [0.4, 0.5) is 0 Å². The Kier molecular flexibility index (Phi) is 17.7. The monoisotopic (exact) mass is 445 g/mol. The Balaban J connectivity index is 1.75. The predicted octanol–water partition coefficient (Wildman–Crippen LogP) is 0.822. The van der Waals surface area contributed by atoms with Crippen molar-refractivity contribution in [2.24, 2.45) is 5.73 Å². The van der Waals surface area contributed by atoms with Crippen LogP contribution in [0.1, 0.15) is 10.4 Å². The van der Waals surface area contributed by atoms with E-state index in [0.717, 1.165) is 0 Å². The molecule has 3 N–H and O–H groups in total. The number of hydrogen-bond donors (Lipinski definition) is 2. The summed E-state index contributed by atoms with van der Waals surface area (Å²) in [4.78, 5) is 10.8. The van der Waals surface area contributed by atoms with Crippen LogP contribution in [0, 0.1) is 0 Å². The van der Waals surface area contributed by atoms with E-state index in [2.05, 4.69) is 0 Å². The molecule has 0 saturated heterocycles. The van der Waals surface area contributed by atoms with Crippen LogP contribution in [0.15, 0.2) is 24.3 Å². The van der Waals surface area contributed by atoms with Crippen LogP contribution >= 0.6 is 0 Å². The number of carboxylic acids is 1. The number of hydrogen-bond acceptors (Lipinski definition) is 9. The molecule has 10 heteroatoms. The molecule has 1 aromatic rings. The van der Waals surface area contributed by atoms with Crippen LogP contribution in [0.2, 0.25) is 0 Å². The molecule has 0 atom stereocenters. The summed E-state index contributed by atoms with van der Waals surface area (Å²) in [5.74, 6) is -0.359. The van der Waals surface area contributed by atoms with Gasteiger partial charge >= 0.3 is 5.97 Å².